The summed E-state index contributed by atoms with van der Waals surface area (Å²) in [7, 11) is 1.70. The highest BCUT2D eigenvalue weighted by Gasteiger charge is 2.19. The van der Waals surface area contributed by atoms with E-state index in [1.165, 1.54) is 22.6 Å². The van der Waals surface area contributed by atoms with Crippen LogP contribution in [0.3, 0.4) is 0 Å². The fourth-order valence-corrected chi connectivity index (χ4v) is 5.23. The van der Waals surface area contributed by atoms with Crippen molar-refractivity contribution in [3.63, 3.8) is 0 Å². The summed E-state index contributed by atoms with van der Waals surface area (Å²) in [5.74, 6) is 0.737. The van der Waals surface area contributed by atoms with E-state index < -0.39 is 0 Å². The van der Waals surface area contributed by atoms with E-state index in [0.717, 1.165) is 16.0 Å². The van der Waals surface area contributed by atoms with Gasteiger partial charge in [-0.2, -0.15) is 0 Å². The molecular weight excluding hydrogens is 538 g/mol. The molecular formula is C30H25N7O3S. The number of thiophene rings is 1. The Morgan fingerprint density at radius 2 is 1.85 bits per heavy atom. The van der Waals surface area contributed by atoms with Gasteiger partial charge in [0.1, 0.15) is 0 Å². The number of hydrogen-bond donors (Lipinski definition) is 2. The zero-order valence-corrected chi connectivity index (χ0v) is 22.8. The van der Waals surface area contributed by atoms with Gasteiger partial charge in [0, 0.05) is 37.4 Å². The van der Waals surface area contributed by atoms with Crippen molar-refractivity contribution in [2.45, 2.75) is 13.0 Å². The quantitative estimate of drug-likeness (QED) is 0.224. The van der Waals surface area contributed by atoms with Crippen LogP contribution in [0.15, 0.2) is 102 Å². The number of urea groups is 1. The third-order valence-electron chi connectivity index (χ3n) is 6.53. The highest BCUT2D eigenvalue weighted by molar-refractivity contribution is 7.17. The molecule has 2 N–H and O–H groups in total. The average molecular weight is 564 g/mol. The Kier molecular flexibility index (Phi) is 7.25. The second-order valence-corrected chi connectivity index (χ2v) is 10.3. The van der Waals surface area contributed by atoms with Gasteiger partial charge in [-0.15, -0.1) is 11.3 Å². The number of fused-ring (bicyclic) bond motifs is 1. The monoisotopic (exact) mass is 563 g/mol. The first-order chi connectivity index (χ1) is 20.0. The molecule has 3 amide bonds. The number of benzene rings is 2. The van der Waals surface area contributed by atoms with Crippen molar-refractivity contribution in [1.82, 2.24) is 19.5 Å². The van der Waals surface area contributed by atoms with E-state index in [1.807, 2.05) is 77.5 Å². The topological polar surface area (TPSA) is 118 Å². The summed E-state index contributed by atoms with van der Waals surface area (Å²) in [5, 5.41) is 5.87. The third kappa shape index (κ3) is 5.70. The van der Waals surface area contributed by atoms with Gasteiger partial charge in [-0.05, 0) is 60.5 Å². The van der Waals surface area contributed by atoms with E-state index >= 15 is 0 Å². The van der Waals surface area contributed by atoms with Gasteiger partial charge in [0.05, 0.1) is 27.0 Å². The Bertz CT molecular complexity index is 1800. The van der Waals surface area contributed by atoms with Crippen molar-refractivity contribution in [1.29, 1.82) is 0 Å². The Morgan fingerprint density at radius 3 is 2.63 bits per heavy atom. The Labute approximate surface area is 239 Å². The van der Waals surface area contributed by atoms with Crippen LogP contribution in [0.25, 0.3) is 21.7 Å². The minimum atomic E-state index is -0.279. The summed E-state index contributed by atoms with van der Waals surface area (Å²) >= 11 is 1.31. The molecule has 6 rings (SSSR count). The fourth-order valence-electron chi connectivity index (χ4n) is 4.37. The second-order valence-electron chi connectivity index (χ2n) is 9.21. The summed E-state index contributed by atoms with van der Waals surface area (Å²) in [5.41, 5.74) is 3.91. The number of amides is 3. The largest absolute Gasteiger partial charge is 0.443 e. The van der Waals surface area contributed by atoms with Crippen LogP contribution in [0.1, 0.15) is 15.2 Å². The first-order valence-electron chi connectivity index (χ1n) is 12.8. The molecule has 2 aromatic carbocycles. The molecule has 0 atom stereocenters. The lowest BCUT2D eigenvalue weighted by Crippen LogP contribution is -2.31. The van der Waals surface area contributed by atoms with Gasteiger partial charge in [0.15, 0.2) is 12.2 Å². The number of para-hydroxylation sites is 1. The molecule has 0 saturated heterocycles. The molecule has 0 fully saturated rings. The van der Waals surface area contributed by atoms with Crippen molar-refractivity contribution in [3.05, 3.63) is 108 Å². The lowest BCUT2D eigenvalue weighted by Gasteiger charge is -2.18. The number of hydrogen-bond acceptors (Lipinski definition) is 7. The first-order valence-corrected chi connectivity index (χ1v) is 13.7. The Balaban J connectivity index is 1.28. The fraction of sp³-hybridized carbons (Fsp3) is 0.100. The minimum absolute atomic E-state index is 0.277. The molecule has 0 aliphatic carbocycles. The summed E-state index contributed by atoms with van der Waals surface area (Å²) in [4.78, 5) is 41.9. The number of aromatic nitrogens is 4. The van der Waals surface area contributed by atoms with Gasteiger partial charge in [-0.25, -0.2) is 14.8 Å². The third-order valence-corrected chi connectivity index (χ3v) is 7.62. The van der Waals surface area contributed by atoms with Crippen LogP contribution in [0.4, 0.5) is 22.1 Å². The SMILES string of the molecule is CN(C(=O)Nc1ccccc1)c1ccc2c(c1)nc(NC(=O)c1ccc(-c3cnco3)s1)n2CCc1cccnc1. The maximum absolute atomic E-state index is 13.3. The number of anilines is 3. The standard InChI is InChI=1S/C30H25N7O3S/c1-36(30(39)33-21-7-3-2-4-8-21)22-9-10-24-23(16-22)34-29(37(24)15-13-20-6-5-14-31-17-20)35-28(38)27-12-11-26(41-27)25-18-32-19-40-25/h2-12,14,16-19H,13,15H2,1H3,(H,33,39)(H,34,35,38). The lowest BCUT2D eigenvalue weighted by atomic mass is 10.2. The normalized spacial score (nSPS) is 11.0. The van der Waals surface area contributed by atoms with Crippen LogP contribution in [-0.4, -0.2) is 38.5 Å². The van der Waals surface area contributed by atoms with Crippen LogP contribution in [0.2, 0.25) is 0 Å². The molecule has 0 saturated carbocycles. The average Bonchev–Trinajstić information content (AvgIpc) is 3.77. The summed E-state index contributed by atoms with van der Waals surface area (Å²) in [6, 6.07) is 22.1. The number of carbonyl (C=O) groups excluding carboxylic acids is 2. The maximum Gasteiger partial charge on any atom is 0.326 e. The molecule has 4 aromatic heterocycles. The Morgan fingerprint density at radius 1 is 0.976 bits per heavy atom. The smallest absolute Gasteiger partial charge is 0.326 e. The number of aryl methyl sites for hydroxylation is 2. The zero-order chi connectivity index (χ0) is 28.2. The molecule has 0 bridgehead atoms. The molecule has 0 radical (unpaired) electrons. The molecule has 41 heavy (non-hydrogen) atoms. The van der Waals surface area contributed by atoms with Gasteiger partial charge in [0.2, 0.25) is 5.95 Å². The van der Waals surface area contributed by atoms with Gasteiger partial charge in [-0.3, -0.25) is 20.0 Å². The predicted octanol–water partition coefficient (Wildman–Crippen LogP) is 6.31. The Hall–Kier alpha value is -5.29. The lowest BCUT2D eigenvalue weighted by molar-refractivity contribution is 0.102. The van der Waals surface area contributed by atoms with Crippen LogP contribution in [-0.2, 0) is 13.0 Å². The molecule has 204 valence electrons. The molecule has 10 nitrogen and oxygen atoms in total. The molecule has 0 unspecified atom stereocenters. The van der Waals surface area contributed by atoms with Crippen LogP contribution in [0.5, 0.6) is 0 Å². The highest BCUT2D eigenvalue weighted by atomic mass is 32.1. The molecule has 6 aromatic rings. The van der Waals surface area contributed by atoms with Crippen molar-refractivity contribution >= 4 is 51.6 Å². The molecule has 0 aliphatic heterocycles. The highest BCUT2D eigenvalue weighted by Crippen LogP contribution is 2.30. The zero-order valence-electron chi connectivity index (χ0n) is 22.0. The molecule has 11 heteroatoms. The van der Waals surface area contributed by atoms with E-state index in [4.69, 9.17) is 9.40 Å². The van der Waals surface area contributed by atoms with E-state index in [1.54, 1.807) is 25.5 Å². The number of carbonyl (C=O) groups is 2. The number of nitrogens with zero attached hydrogens (tertiary/aromatic N) is 5. The maximum atomic E-state index is 13.3. The first kappa shape index (κ1) is 26.0. The van der Waals surface area contributed by atoms with E-state index in [-0.39, 0.29) is 11.9 Å². The van der Waals surface area contributed by atoms with Crippen molar-refractivity contribution < 1.29 is 14.0 Å². The van der Waals surface area contributed by atoms with Gasteiger partial charge in [-0.1, -0.05) is 24.3 Å². The van der Waals surface area contributed by atoms with E-state index in [9.17, 15) is 9.59 Å². The second kappa shape index (κ2) is 11.4. The summed E-state index contributed by atoms with van der Waals surface area (Å²) in [6.45, 7) is 0.565. The van der Waals surface area contributed by atoms with Crippen LogP contribution < -0.4 is 15.5 Å². The summed E-state index contributed by atoms with van der Waals surface area (Å²) < 4.78 is 7.33. The minimum Gasteiger partial charge on any atom is -0.443 e. The molecule has 4 heterocycles. The number of nitrogens with one attached hydrogen (secondary N) is 2. The molecule has 0 spiro atoms. The van der Waals surface area contributed by atoms with Crippen molar-refractivity contribution in [2.24, 2.45) is 0 Å². The van der Waals surface area contributed by atoms with E-state index in [2.05, 4.69) is 20.6 Å². The van der Waals surface area contributed by atoms with Crippen molar-refractivity contribution in [2.75, 3.05) is 22.6 Å². The number of pyridine rings is 1. The van der Waals surface area contributed by atoms with Gasteiger partial charge >= 0.3 is 6.03 Å². The van der Waals surface area contributed by atoms with Crippen LogP contribution in [0, 0.1) is 0 Å². The van der Waals surface area contributed by atoms with Gasteiger partial charge in [0.25, 0.3) is 5.91 Å². The van der Waals surface area contributed by atoms with E-state index in [0.29, 0.717) is 46.4 Å². The van der Waals surface area contributed by atoms with Crippen LogP contribution >= 0.6 is 11.3 Å². The predicted molar refractivity (Wildman–Crippen MR) is 159 cm³/mol. The molecule has 0 aliphatic rings. The number of rotatable bonds is 8. The van der Waals surface area contributed by atoms with Crippen molar-refractivity contribution in [3.8, 4) is 10.6 Å². The van der Waals surface area contributed by atoms with Gasteiger partial charge < -0.3 is 14.3 Å². The number of oxazole rings is 1. The summed E-state index contributed by atoms with van der Waals surface area (Å²) in [6.07, 6.45) is 7.22. The number of imidazole rings is 1.